The lowest BCUT2D eigenvalue weighted by Crippen LogP contribution is -2.47. The highest BCUT2D eigenvalue weighted by atomic mass is 16.2. The zero-order valence-corrected chi connectivity index (χ0v) is 16.3. The van der Waals surface area contributed by atoms with Crippen molar-refractivity contribution in [3.8, 4) is 0 Å². The van der Waals surface area contributed by atoms with Gasteiger partial charge >= 0.3 is 0 Å². The van der Waals surface area contributed by atoms with Crippen LogP contribution in [0.3, 0.4) is 0 Å². The molecule has 2 aliphatic rings. The molecule has 0 spiro atoms. The second-order valence-corrected chi connectivity index (χ2v) is 8.42. The van der Waals surface area contributed by atoms with Gasteiger partial charge in [0, 0.05) is 43.1 Å². The second-order valence-electron chi connectivity index (χ2n) is 8.42. The summed E-state index contributed by atoms with van der Waals surface area (Å²) >= 11 is 0. The molecule has 0 aromatic carbocycles. The van der Waals surface area contributed by atoms with Crippen LogP contribution < -0.4 is 5.32 Å². The van der Waals surface area contributed by atoms with E-state index < -0.39 is 0 Å². The highest BCUT2D eigenvalue weighted by Gasteiger charge is 2.37. The summed E-state index contributed by atoms with van der Waals surface area (Å²) in [6.45, 7) is 6.76. The number of nitrogens with zero attached hydrogens (tertiary/aromatic N) is 2. The summed E-state index contributed by atoms with van der Waals surface area (Å²) in [5, 5.41) is 10.3. The molecule has 6 heteroatoms. The third kappa shape index (κ3) is 4.46. The maximum Gasteiger partial charge on any atom is 0.228 e. The topological polar surface area (TPSA) is 78.1 Å². The summed E-state index contributed by atoms with van der Waals surface area (Å²) < 4.78 is 0. The van der Waals surface area contributed by atoms with Gasteiger partial charge in [-0.15, -0.1) is 0 Å². The minimum Gasteiger partial charge on any atom is -0.340 e. The van der Waals surface area contributed by atoms with Crippen LogP contribution in [0.25, 0.3) is 0 Å². The van der Waals surface area contributed by atoms with Gasteiger partial charge in [0.05, 0.1) is 0 Å². The van der Waals surface area contributed by atoms with Crippen LogP contribution in [0.4, 0.5) is 5.82 Å². The molecule has 2 saturated carbocycles. The third-order valence-corrected chi connectivity index (χ3v) is 5.79. The molecule has 0 saturated heterocycles. The first kappa shape index (κ1) is 18.9. The van der Waals surface area contributed by atoms with E-state index in [0.717, 1.165) is 50.8 Å². The van der Waals surface area contributed by atoms with Crippen LogP contribution in [0.15, 0.2) is 6.07 Å². The molecule has 0 aliphatic heterocycles. The van der Waals surface area contributed by atoms with E-state index >= 15 is 0 Å². The Bertz CT molecular complexity index is 628. The number of hydrogen-bond donors (Lipinski definition) is 2. The maximum atomic E-state index is 12.3. The van der Waals surface area contributed by atoms with Gasteiger partial charge in [0.25, 0.3) is 0 Å². The number of hydrogen-bond acceptors (Lipinski definition) is 3. The lowest BCUT2D eigenvalue weighted by molar-refractivity contribution is -0.134. The SMILES string of the molecule is CC(=O)N(CC(C)C)C1CC(c2cc(NC(=O)C3CCCCC3)n[nH]2)C1. The first-order valence-corrected chi connectivity index (χ1v) is 10.1. The van der Waals surface area contributed by atoms with Crippen LogP contribution in [0.1, 0.15) is 77.3 Å². The number of carbonyl (C=O) groups is 2. The number of amides is 2. The summed E-state index contributed by atoms with van der Waals surface area (Å²) in [7, 11) is 0. The highest BCUT2D eigenvalue weighted by molar-refractivity contribution is 5.91. The van der Waals surface area contributed by atoms with Crippen molar-refractivity contribution in [1.82, 2.24) is 15.1 Å². The second kappa shape index (κ2) is 8.23. The third-order valence-electron chi connectivity index (χ3n) is 5.79. The van der Waals surface area contributed by atoms with E-state index in [9.17, 15) is 9.59 Å². The van der Waals surface area contributed by atoms with Gasteiger partial charge in [-0.3, -0.25) is 14.7 Å². The number of rotatable bonds is 6. The number of H-pyrrole nitrogens is 1. The average molecular weight is 361 g/mol. The van der Waals surface area contributed by atoms with Crippen LogP contribution in [0.2, 0.25) is 0 Å². The Morgan fingerprint density at radius 1 is 1.27 bits per heavy atom. The molecule has 0 radical (unpaired) electrons. The largest absolute Gasteiger partial charge is 0.340 e. The van der Waals surface area contributed by atoms with Crippen LogP contribution in [-0.2, 0) is 9.59 Å². The molecule has 2 fully saturated rings. The minimum atomic E-state index is 0.105. The molecule has 2 amide bonds. The van der Waals surface area contributed by atoms with E-state index in [1.54, 1.807) is 6.92 Å². The van der Waals surface area contributed by atoms with E-state index in [0.29, 0.717) is 23.7 Å². The standard InChI is InChI=1S/C20H32N4O2/c1-13(2)12-24(14(3)25)17-9-16(10-17)18-11-19(23-22-18)21-20(26)15-7-5-4-6-8-15/h11,13,15-17H,4-10,12H2,1-3H3,(H2,21,22,23,26). The molecule has 6 nitrogen and oxygen atoms in total. The lowest BCUT2D eigenvalue weighted by Gasteiger charge is -2.43. The zero-order chi connectivity index (χ0) is 18.7. The zero-order valence-electron chi connectivity index (χ0n) is 16.3. The molecular weight excluding hydrogens is 328 g/mol. The maximum absolute atomic E-state index is 12.3. The number of anilines is 1. The van der Waals surface area contributed by atoms with Crippen molar-refractivity contribution in [3.05, 3.63) is 11.8 Å². The molecule has 1 aromatic rings. The van der Waals surface area contributed by atoms with Gasteiger partial charge in [-0.25, -0.2) is 0 Å². The van der Waals surface area contributed by atoms with Gasteiger partial charge in [0.15, 0.2) is 5.82 Å². The van der Waals surface area contributed by atoms with Crippen molar-refractivity contribution in [2.75, 3.05) is 11.9 Å². The van der Waals surface area contributed by atoms with E-state index in [2.05, 4.69) is 29.4 Å². The predicted molar refractivity (Wildman–Crippen MR) is 102 cm³/mol. The fourth-order valence-corrected chi connectivity index (χ4v) is 4.23. The van der Waals surface area contributed by atoms with E-state index in [1.807, 2.05) is 11.0 Å². The van der Waals surface area contributed by atoms with Crippen LogP contribution >= 0.6 is 0 Å². The Morgan fingerprint density at radius 3 is 2.58 bits per heavy atom. The van der Waals surface area contributed by atoms with Gasteiger partial charge < -0.3 is 10.2 Å². The van der Waals surface area contributed by atoms with Gasteiger partial charge in [0.2, 0.25) is 11.8 Å². The number of nitrogens with one attached hydrogen (secondary N) is 2. The molecule has 1 heterocycles. The van der Waals surface area contributed by atoms with E-state index in [4.69, 9.17) is 0 Å². The monoisotopic (exact) mass is 360 g/mol. The van der Waals surface area contributed by atoms with E-state index in [1.165, 1.54) is 6.42 Å². The van der Waals surface area contributed by atoms with Gasteiger partial charge in [-0.05, 0) is 31.6 Å². The van der Waals surface area contributed by atoms with E-state index in [-0.39, 0.29) is 17.7 Å². The molecular formula is C20H32N4O2. The molecule has 0 unspecified atom stereocenters. The Kier molecular flexibility index (Phi) is 5.99. The quantitative estimate of drug-likeness (QED) is 0.812. The molecule has 2 aliphatic carbocycles. The highest BCUT2D eigenvalue weighted by Crippen LogP contribution is 2.40. The lowest BCUT2D eigenvalue weighted by atomic mass is 9.77. The van der Waals surface area contributed by atoms with Crippen molar-refractivity contribution in [3.63, 3.8) is 0 Å². The molecule has 0 atom stereocenters. The van der Waals surface area contributed by atoms with Crippen molar-refractivity contribution in [1.29, 1.82) is 0 Å². The molecule has 2 N–H and O–H groups in total. The van der Waals surface area contributed by atoms with Gasteiger partial charge in [-0.1, -0.05) is 33.1 Å². The summed E-state index contributed by atoms with van der Waals surface area (Å²) in [5.74, 6) is 1.90. The van der Waals surface area contributed by atoms with Gasteiger partial charge in [-0.2, -0.15) is 5.10 Å². The Labute approximate surface area is 156 Å². The smallest absolute Gasteiger partial charge is 0.228 e. The predicted octanol–water partition coefficient (Wildman–Crippen LogP) is 3.68. The summed E-state index contributed by atoms with van der Waals surface area (Å²) in [6, 6.07) is 2.28. The Hall–Kier alpha value is -1.85. The summed E-state index contributed by atoms with van der Waals surface area (Å²) in [4.78, 5) is 26.2. The molecule has 3 rings (SSSR count). The first-order chi connectivity index (χ1) is 12.4. The number of aromatic amines is 1. The Balaban J connectivity index is 1.51. The minimum absolute atomic E-state index is 0.105. The molecule has 1 aromatic heterocycles. The number of carbonyl (C=O) groups excluding carboxylic acids is 2. The summed E-state index contributed by atoms with van der Waals surface area (Å²) in [5.41, 5.74) is 1.06. The number of aromatic nitrogens is 2. The van der Waals surface area contributed by atoms with Crippen molar-refractivity contribution >= 4 is 17.6 Å². The molecule has 0 bridgehead atoms. The average Bonchev–Trinajstić information content (AvgIpc) is 3.01. The normalized spacial score (nSPS) is 23.5. The van der Waals surface area contributed by atoms with Crippen LogP contribution in [-0.4, -0.2) is 39.5 Å². The van der Waals surface area contributed by atoms with Gasteiger partial charge in [0.1, 0.15) is 0 Å². The van der Waals surface area contributed by atoms with Crippen molar-refractivity contribution in [2.24, 2.45) is 11.8 Å². The Morgan fingerprint density at radius 2 is 1.96 bits per heavy atom. The fraction of sp³-hybridized carbons (Fsp3) is 0.750. The molecule has 144 valence electrons. The van der Waals surface area contributed by atoms with Crippen molar-refractivity contribution in [2.45, 2.75) is 77.7 Å². The summed E-state index contributed by atoms with van der Waals surface area (Å²) in [6.07, 6.45) is 7.45. The van der Waals surface area contributed by atoms with Crippen LogP contribution in [0.5, 0.6) is 0 Å². The van der Waals surface area contributed by atoms with Crippen LogP contribution in [0, 0.1) is 11.8 Å². The molecule has 26 heavy (non-hydrogen) atoms. The fourth-order valence-electron chi connectivity index (χ4n) is 4.23. The van der Waals surface area contributed by atoms with Crippen molar-refractivity contribution < 1.29 is 9.59 Å². The first-order valence-electron chi connectivity index (χ1n) is 10.1.